The number of aromatic nitrogens is 4. The van der Waals surface area contributed by atoms with Gasteiger partial charge in [0, 0.05) is 17.2 Å². The summed E-state index contributed by atoms with van der Waals surface area (Å²) in [7, 11) is 0. The van der Waals surface area contributed by atoms with E-state index in [0.717, 1.165) is 22.1 Å². The summed E-state index contributed by atoms with van der Waals surface area (Å²) in [5.41, 5.74) is 7.18. The van der Waals surface area contributed by atoms with Crippen molar-refractivity contribution in [1.82, 2.24) is 20.1 Å². The number of rotatable bonds is 5. The minimum absolute atomic E-state index is 0.450. The highest BCUT2D eigenvalue weighted by Crippen LogP contribution is 2.21. The average Bonchev–Trinajstić information content (AvgIpc) is 3.12. The second-order valence-corrected chi connectivity index (χ2v) is 6.22. The zero-order valence-electron chi connectivity index (χ0n) is 10.9. The molecule has 3 aromatic heterocycles. The van der Waals surface area contributed by atoms with Crippen molar-refractivity contribution in [3.63, 3.8) is 0 Å². The zero-order valence-corrected chi connectivity index (χ0v) is 12.5. The first kappa shape index (κ1) is 13.3. The van der Waals surface area contributed by atoms with E-state index in [1.54, 1.807) is 22.7 Å². The number of nitrogens with zero attached hydrogens (tertiary/aromatic N) is 4. The van der Waals surface area contributed by atoms with Crippen LogP contribution < -0.4 is 5.73 Å². The standard InChI is InChI=1S/C12H13N5OS2/c1-7-14-8(5-19-7)4-10-16-12(18-17-10)9-6-20-11(15-9)2-3-13/h5-6H,2-4,13H2,1H3. The highest BCUT2D eigenvalue weighted by molar-refractivity contribution is 7.10. The third kappa shape index (κ3) is 2.92. The maximum absolute atomic E-state index is 5.51. The number of nitrogens with two attached hydrogens (primary N) is 1. The minimum Gasteiger partial charge on any atom is -0.332 e. The van der Waals surface area contributed by atoms with Crippen LogP contribution in [0.1, 0.15) is 21.5 Å². The van der Waals surface area contributed by atoms with Gasteiger partial charge in [0.25, 0.3) is 5.89 Å². The van der Waals surface area contributed by atoms with Gasteiger partial charge in [-0.1, -0.05) is 5.16 Å². The highest BCUT2D eigenvalue weighted by atomic mass is 32.1. The molecule has 0 bridgehead atoms. The average molecular weight is 307 g/mol. The summed E-state index contributed by atoms with van der Waals surface area (Å²) >= 11 is 3.17. The molecule has 0 aliphatic carbocycles. The van der Waals surface area contributed by atoms with Crippen molar-refractivity contribution >= 4 is 22.7 Å². The molecule has 0 fully saturated rings. The molecule has 0 atom stereocenters. The Bertz CT molecular complexity index is 702. The van der Waals surface area contributed by atoms with Crippen molar-refractivity contribution in [2.75, 3.05) is 6.54 Å². The Morgan fingerprint density at radius 1 is 1.20 bits per heavy atom. The summed E-state index contributed by atoms with van der Waals surface area (Å²) in [4.78, 5) is 13.2. The van der Waals surface area contributed by atoms with E-state index < -0.39 is 0 Å². The van der Waals surface area contributed by atoms with Crippen LogP contribution in [-0.4, -0.2) is 26.7 Å². The van der Waals surface area contributed by atoms with E-state index in [4.69, 9.17) is 10.3 Å². The number of aryl methyl sites for hydroxylation is 1. The van der Waals surface area contributed by atoms with Crippen LogP contribution in [0.15, 0.2) is 15.3 Å². The molecule has 0 spiro atoms. The Morgan fingerprint density at radius 3 is 2.85 bits per heavy atom. The van der Waals surface area contributed by atoms with Gasteiger partial charge < -0.3 is 10.3 Å². The summed E-state index contributed by atoms with van der Waals surface area (Å²) in [5.74, 6) is 1.07. The topological polar surface area (TPSA) is 90.7 Å². The summed E-state index contributed by atoms with van der Waals surface area (Å²) < 4.78 is 5.25. The van der Waals surface area contributed by atoms with Gasteiger partial charge in [0.05, 0.1) is 22.1 Å². The number of hydrogen-bond donors (Lipinski definition) is 1. The van der Waals surface area contributed by atoms with Crippen molar-refractivity contribution in [3.8, 4) is 11.6 Å². The van der Waals surface area contributed by atoms with E-state index >= 15 is 0 Å². The number of hydrogen-bond acceptors (Lipinski definition) is 8. The van der Waals surface area contributed by atoms with Crippen molar-refractivity contribution in [2.24, 2.45) is 5.73 Å². The normalized spacial score (nSPS) is 11.1. The summed E-state index contributed by atoms with van der Waals surface area (Å²) in [6.07, 6.45) is 1.34. The Balaban J connectivity index is 1.75. The Kier molecular flexibility index (Phi) is 3.86. The quantitative estimate of drug-likeness (QED) is 0.775. The SMILES string of the molecule is Cc1nc(Cc2noc(-c3csc(CCN)n3)n2)cs1. The molecule has 0 radical (unpaired) electrons. The molecule has 20 heavy (non-hydrogen) atoms. The largest absolute Gasteiger partial charge is 0.332 e. The molecule has 0 aliphatic heterocycles. The highest BCUT2D eigenvalue weighted by Gasteiger charge is 2.13. The van der Waals surface area contributed by atoms with Crippen LogP contribution in [0.2, 0.25) is 0 Å². The minimum atomic E-state index is 0.450. The van der Waals surface area contributed by atoms with Crippen molar-refractivity contribution in [3.05, 3.63) is 32.3 Å². The van der Waals surface area contributed by atoms with Gasteiger partial charge in [0.2, 0.25) is 0 Å². The van der Waals surface area contributed by atoms with E-state index in [1.165, 1.54) is 0 Å². The fourth-order valence-electron chi connectivity index (χ4n) is 1.73. The molecule has 0 saturated carbocycles. The lowest BCUT2D eigenvalue weighted by atomic mass is 10.3. The smallest absolute Gasteiger partial charge is 0.277 e. The Morgan fingerprint density at radius 2 is 2.10 bits per heavy atom. The first-order chi connectivity index (χ1) is 9.74. The second-order valence-electron chi connectivity index (χ2n) is 4.22. The second kappa shape index (κ2) is 5.78. The third-order valence-electron chi connectivity index (χ3n) is 2.60. The molecule has 2 N–H and O–H groups in total. The molecule has 0 unspecified atom stereocenters. The Labute approximate surface area is 123 Å². The maximum atomic E-state index is 5.51. The van der Waals surface area contributed by atoms with Gasteiger partial charge in [-0.25, -0.2) is 9.97 Å². The van der Waals surface area contributed by atoms with Gasteiger partial charge in [-0.2, -0.15) is 4.98 Å². The van der Waals surface area contributed by atoms with Crippen LogP contribution in [0.5, 0.6) is 0 Å². The molecule has 0 aromatic carbocycles. The van der Waals surface area contributed by atoms with Crippen molar-refractivity contribution in [1.29, 1.82) is 0 Å². The predicted octanol–water partition coefficient (Wildman–Crippen LogP) is 2.05. The van der Waals surface area contributed by atoms with Gasteiger partial charge in [-0.05, 0) is 13.5 Å². The number of thiazole rings is 2. The van der Waals surface area contributed by atoms with Crippen LogP contribution in [0.3, 0.4) is 0 Å². The van der Waals surface area contributed by atoms with Crippen molar-refractivity contribution in [2.45, 2.75) is 19.8 Å². The van der Waals surface area contributed by atoms with Gasteiger partial charge in [-0.15, -0.1) is 22.7 Å². The molecular weight excluding hydrogens is 294 g/mol. The van der Waals surface area contributed by atoms with Crippen LogP contribution in [0, 0.1) is 6.92 Å². The first-order valence-electron chi connectivity index (χ1n) is 6.13. The maximum Gasteiger partial charge on any atom is 0.277 e. The van der Waals surface area contributed by atoms with E-state index in [9.17, 15) is 0 Å². The van der Waals surface area contributed by atoms with Gasteiger partial charge in [0.15, 0.2) is 5.82 Å². The van der Waals surface area contributed by atoms with Crippen LogP contribution in [0.25, 0.3) is 11.6 Å². The van der Waals surface area contributed by atoms with E-state index in [1.807, 2.05) is 17.7 Å². The third-order valence-corrected chi connectivity index (χ3v) is 4.33. The van der Waals surface area contributed by atoms with Crippen LogP contribution in [0.4, 0.5) is 0 Å². The van der Waals surface area contributed by atoms with Gasteiger partial charge >= 0.3 is 0 Å². The molecule has 0 saturated heterocycles. The molecule has 3 rings (SSSR count). The van der Waals surface area contributed by atoms with E-state index in [2.05, 4.69) is 20.1 Å². The lowest BCUT2D eigenvalue weighted by Crippen LogP contribution is -2.01. The molecule has 8 heteroatoms. The van der Waals surface area contributed by atoms with E-state index in [0.29, 0.717) is 30.4 Å². The molecule has 6 nitrogen and oxygen atoms in total. The molecular formula is C12H13N5OS2. The Hall–Kier alpha value is -1.64. The van der Waals surface area contributed by atoms with Crippen LogP contribution >= 0.6 is 22.7 Å². The summed E-state index contributed by atoms with van der Waals surface area (Å²) in [6.45, 7) is 2.56. The molecule has 3 heterocycles. The van der Waals surface area contributed by atoms with Gasteiger partial charge in [0.1, 0.15) is 5.69 Å². The zero-order chi connectivity index (χ0) is 13.9. The fourth-order valence-corrected chi connectivity index (χ4v) is 3.13. The summed E-state index contributed by atoms with van der Waals surface area (Å²) in [5, 5.41) is 9.91. The lowest BCUT2D eigenvalue weighted by molar-refractivity contribution is 0.422. The molecule has 0 amide bonds. The molecule has 3 aromatic rings. The fraction of sp³-hybridized carbons (Fsp3) is 0.333. The predicted molar refractivity (Wildman–Crippen MR) is 77.8 cm³/mol. The van der Waals surface area contributed by atoms with E-state index in [-0.39, 0.29) is 0 Å². The monoisotopic (exact) mass is 307 g/mol. The van der Waals surface area contributed by atoms with Crippen LogP contribution in [-0.2, 0) is 12.8 Å². The molecule has 0 aliphatic rings. The first-order valence-corrected chi connectivity index (χ1v) is 7.89. The lowest BCUT2D eigenvalue weighted by Gasteiger charge is -1.88. The van der Waals surface area contributed by atoms with Crippen molar-refractivity contribution < 1.29 is 4.52 Å². The molecule has 104 valence electrons. The van der Waals surface area contributed by atoms with Gasteiger partial charge in [-0.3, -0.25) is 0 Å². The summed E-state index contributed by atoms with van der Waals surface area (Å²) in [6, 6.07) is 0.